The quantitative estimate of drug-likeness (QED) is 0.769. The van der Waals surface area contributed by atoms with Gasteiger partial charge in [-0.1, -0.05) is 36.4 Å². The summed E-state index contributed by atoms with van der Waals surface area (Å²) in [4.78, 5) is 0. The topological polar surface area (TPSA) is 20.2 Å². The highest BCUT2D eigenvalue weighted by atomic mass is 19.4. The van der Waals surface area contributed by atoms with Crippen LogP contribution in [0.1, 0.15) is 18.1 Å². The van der Waals surface area contributed by atoms with Crippen molar-refractivity contribution in [2.75, 3.05) is 0 Å². The second-order valence-electron chi connectivity index (χ2n) is 3.11. The summed E-state index contributed by atoms with van der Waals surface area (Å²) in [6, 6.07) is 8.58. The molecule has 0 aliphatic rings. The van der Waals surface area contributed by atoms with E-state index in [4.69, 9.17) is 0 Å². The van der Waals surface area contributed by atoms with Gasteiger partial charge in [0.1, 0.15) is 0 Å². The second-order valence-corrected chi connectivity index (χ2v) is 3.11. The van der Waals surface area contributed by atoms with Gasteiger partial charge in [-0.25, -0.2) is 0 Å². The van der Waals surface area contributed by atoms with Crippen molar-refractivity contribution in [2.24, 2.45) is 0 Å². The standard InChI is InChI=1S/C11H11F3O/c12-11(13,14)8-4-7-10(15)9-5-2-1-3-6-9/h1-6,8,10,15H,7H2/b8-4-/t10-/m0/s1. The molecule has 0 fully saturated rings. The molecule has 0 aromatic heterocycles. The SMILES string of the molecule is O[C@@H](C/C=C\C(F)(F)F)c1ccccc1. The van der Waals surface area contributed by atoms with Gasteiger partial charge in [0.15, 0.2) is 0 Å². The Morgan fingerprint density at radius 2 is 1.80 bits per heavy atom. The van der Waals surface area contributed by atoms with Crippen molar-refractivity contribution in [3.63, 3.8) is 0 Å². The molecule has 0 heterocycles. The minimum atomic E-state index is -4.31. The maximum Gasteiger partial charge on any atom is 0.409 e. The number of allylic oxidation sites excluding steroid dienone is 1. The fraction of sp³-hybridized carbons (Fsp3) is 0.273. The molecule has 0 aliphatic heterocycles. The van der Waals surface area contributed by atoms with Crippen LogP contribution in [-0.4, -0.2) is 11.3 Å². The highest BCUT2D eigenvalue weighted by molar-refractivity contribution is 5.17. The first-order chi connectivity index (χ1) is 6.99. The van der Waals surface area contributed by atoms with Crippen LogP contribution in [0.5, 0.6) is 0 Å². The minimum absolute atomic E-state index is 0.0382. The summed E-state index contributed by atoms with van der Waals surface area (Å²) in [5.41, 5.74) is 0.615. The average molecular weight is 216 g/mol. The van der Waals surface area contributed by atoms with E-state index in [1.807, 2.05) is 0 Å². The smallest absolute Gasteiger partial charge is 0.388 e. The zero-order chi connectivity index (χ0) is 11.3. The van der Waals surface area contributed by atoms with Gasteiger partial charge in [0.2, 0.25) is 0 Å². The number of rotatable bonds is 3. The van der Waals surface area contributed by atoms with Crippen molar-refractivity contribution >= 4 is 0 Å². The Morgan fingerprint density at radius 3 is 2.33 bits per heavy atom. The molecule has 0 radical (unpaired) electrons. The van der Waals surface area contributed by atoms with E-state index in [1.54, 1.807) is 30.3 Å². The van der Waals surface area contributed by atoms with Crippen LogP contribution in [0.25, 0.3) is 0 Å². The molecule has 0 aliphatic carbocycles. The Labute approximate surface area is 85.9 Å². The Bertz CT molecular complexity index is 316. The first-order valence-electron chi connectivity index (χ1n) is 4.46. The molecule has 1 aromatic carbocycles. The summed E-state index contributed by atoms with van der Waals surface area (Å²) in [6.45, 7) is 0. The van der Waals surface area contributed by atoms with Gasteiger partial charge in [-0.15, -0.1) is 0 Å². The number of alkyl halides is 3. The van der Waals surface area contributed by atoms with Gasteiger partial charge in [0.25, 0.3) is 0 Å². The zero-order valence-electron chi connectivity index (χ0n) is 7.91. The molecule has 1 nitrogen and oxygen atoms in total. The molecular formula is C11H11F3O. The summed E-state index contributed by atoms with van der Waals surface area (Å²) < 4.78 is 35.2. The van der Waals surface area contributed by atoms with Crippen molar-refractivity contribution in [3.05, 3.63) is 48.0 Å². The molecule has 0 saturated carbocycles. The van der Waals surface area contributed by atoms with Gasteiger partial charge in [-0.3, -0.25) is 0 Å². The summed E-state index contributed by atoms with van der Waals surface area (Å²) in [6.07, 6.45) is -4.17. The average Bonchev–Trinajstić information content (AvgIpc) is 2.17. The van der Waals surface area contributed by atoms with Crippen LogP contribution < -0.4 is 0 Å². The Kier molecular flexibility index (Phi) is 3.91. The summed E-state index contributed by atoms with van der Waals surface area (Å²) in [5.74, 6) is 0. The van der Waals surface area contributed by atoms with E-state index in [9.17, 15) is 18.3 Å². The molecule has 15 heavy (non-hydrogen) atoms. The molecule has 0 saturated heterocycles. The first kappa shape index (κ1) is 11.8. The van der Waals surface area contributed by atoms with E-state index >= 15 is 0 Å². The summed E-state index contributed by atoms with van der Waals surface area (Å²) in [5, 5.41) is 9.50. The summed E-state index contributed by atoms with van der Waals surface area (Å²) in [7, 11) is 0. The van der Waals surface area contributed by atoms with Crippen LogP contribution in [0.2, 0.25) is 0 Å². The lowest BCUT2D eigenvalue weighted by Crippen LogP contribution is -2.01. The van der Waals surface area contributed by atoms with Crippen LogP contribution in [0.3, 0.4) is 0 Å². The Balaban J connectivity index is 2.51. The van der Waals surface area contributed by atoms with Gasteiger partial charge < -0.3 is 5.11 Å². The van der Waals surface area contributed by atoms with Crippen LogP contribution in [0.4, 0.5) is 13.2 Å². The third-order valence-corrected chi connectivity index (χ3v) is 1.85. The van der Waals surface area contributed by atoms with E-state index < -0.39 is 12.3 Å². The fourth-order valence-electron chi connectivity index (χ4n) is 1.14. The number of halogens is 3. The van der Waals surface area contributed by atoms with E-state index in [0.29, 0.717) is 5.56 Å². The Hall–Kier alpha value is -1.29. The minimum Gasteiger partial charge on any atom is -0.388 e. The lowest BCUT2D eigenvalue weighted by atomic mass is 10.1. The molecule has 4 heteroatoms. The van der Waals surface area contributed by atoms with E-state index in [0.717, 1.165) is 6.08 Å². The number of aliphatic hydroxyl groups is 1. The van der Waals surface area contributed by atoms with Crippen LogP contribution in [0, 0.1) is 0 Å². The monoisotopic (exact) mass is 216 g/mol. The number of benzene rings is 1. The van der Waals surface area contributed by atoms with E-state index in [2.05, 4.69) is 0 Å². The molecule has 1 aromatic rings. The molecule has 0 amide bonds. The number of aliphatic hydroxyl groups excluding tert-OH is 1. The van der Waals surface area contributed by atoms with Gasteiger partial charge in [-0.05, 0) is 12.0 Å². The van der Waals surface area contributed by atoms with Crippen molar-refractivity contribution < 1.29 is 18.3 Å². The molecule has 0 unspecified atom stereocenters. The van der Waals surface area contributed by atoms with Crippen LogP contribution in [0.15, 0.2) is 42.5 Å². The largest absolute Gasteiger partial charge is 0.409 e. The zero-order valence-corrected chi connectivity index (χ0v) is 7.91. The van der Waals surface area contributed by atoms with Gasteiger partial charge in [0, 0.05) is 6.08 Å². The lowest BCUT2D eigenvalue weighted by molar-refractivity contribution is -0.0801. The van der Waals surface area contributed by atoms with Crippen molar-refractivity contribution in [3.8, 4) is 0 Å². The highest BCUT2D eigenvalue weighted by Gasteiger charge is 2.21. The van der Waals surface area contributed by atoms with Gasteiger partial charge in [-0.2, -0.15) is 13.2 Å². The third kappa shape index (κ3) is 4.65. The predicted octanol–water partition coefficient (Wildman–Crippen LogP) is 3.23. The molecule has 0 bridgehead atoms. The van der Waals surface area contributed by atoms with Gasteiger partial charge >= 0.3 is 6.18 Å². The molecule has 0 spiro atoms. The van der Waals surface area contributed by atoms with Crippen molar-refractivity contribution in [2.45, 2.75) is 18.7 Å². The summed E-state index contributed by atoms with van der Waals surface area (Å²) >= 11 is 0. The predicted molar refractivity (Wildman–Crippen MR) is 51.2 cm³/mol. The molecule has 1 atom stereocenters. The molecular weight excluding hydrogens is 205 g/mol. The van der Waals surface area contributed by atoms with Crippen molar-refractivity contribution in [1.82, 2.24) is 0 Å². The number of hydrogen-bond donors (Lipinski definition) is 1. The fourth-order valence-corrected chi connectivity index (χ4v) is 1.14. The van der Waals surface area contributed by atoms with Gasteiger partial charge in [0.05, 0.1) is 6.10 Å². The van der Waals surface area contributed by atoms with Crippen LogP contribution >= 0.6 is 0 Å². The molecule has 1 rings (SSSR count). The van der Waals surface area contributed by atoms with Crippen molar-refractivity contribution in [1.29, 1.82) is 0 Å². The maximum absolute atomic E-state index is 11.7. The second kappa shape index (κ2) is 4.98. The molecule has 82 valence electrons. The van der Waals surface area contributed by atoms with Crippen LogP contribution in [-0.2, 0) is 0 Å². The Morgan fingerprint density at radius 1 is 1.20 bits per heavy atom. The normalized spacial score (nSPS) is 14.4. The van der Waals surface area contributed by atoms with E-state index in [-0.39, 0.29) is 12.5 Å². The van der Waals surface area contributed by atoms with E-state index in [1.165, 1.54) is 0 Å². The first-order valence-corrected chi connectivity index (χ1v) is 4.46. The third-order valence-electron chi connectivity index (χ3n) is 1.85. The maximum atomic E-state index is 11.7. The number of hydrogen-bond acceptors (Lipinski definition) is 1. The lowest BCUT2D eigenvalue weighted by Gasteiger charge is -2.07. The highest BCUT2D eigenvalue weighted by Crippen LogP contribution is 2.20. The molecule has 1 N–H and O–H groups in total.